The van der Waals surface area contributed by atoms with Gasteiger partial charge in [0.25, 0.3) is 5.69 Å². The molecule has 0 saturated carbocycles. The molecule has 0 fully saturated rings. The quantitative estimate of drug-likeness (QED) is 0.625. The summed E-state index contributed by atoms with van der Waals surface area (Å²) in [5, 5.41) is 10.6. The van der Waals surface area contributed by atoms with Crippen LogP contribution in [0, 0.1) is 10.1 Å². The fraction of sp³-hybridized carbons (Fsp3) is 0. The van der Waals surface area contributed by atoms with Crippen LogP contribution in [0.5, 0.6) is 0 Å². The molecule has 0 spiro atoms. The number of non-ortho nitro benzene ring substituents is 1. The number of pyridine rings is 1. The van der Waals surface area contributed by atoms with Crippen LogP contribution in [-0.2, 0) is 0 Å². The molecular weight excluding hydrogens is 272 g/mol. The zero-order valence-corrected chi connectivity index (χ0v) is 9.72. The van der Waals surface area contributed by atoms with Crippen LogP contribution < -0.4 is 0 Å². The molecule has 0 N–H and O–H groups in total. The molecule has 5 heteroatoms. The molecule has 0 amide bonds. The number of aromatic nitrogens is 1. The van der Waals surface area contributed by atoms with E-state index < -0.39 is 4.92 Å². The Morgan fingerprint density at radius 1 is 1.25 bits per heavy atom. The van der Waals surface area contributed by atoms with Crippen LogP contribution in [0.4, 0.5) is 5.69 Å². The lowest BCUT2D eigenvalue weighted by Crippen LogP contribution is -1.89. The van der Waals surface area contributed by atoms with Gasteiger partial charge in [-0.25, -0.2) is 0 Å². The lowest BCUT2D eigenvalue weighted by Gasteiger charge is -2.00. The van der Waals surface area contributed by atoms with Crippen LogP contribution in [0.3, 0.4) is 0 Å². The molecular formula is C11H7BrN2O2. The maximum atomic E-state index is 10.6. The zero-order chi connectivity index (χ0) is 11.5. The van der Waals surface area contributed by atoms with Crippen molar-refractivity contribution in [3.63, 3.8) is 0 Å². The maximum absolute atomic E-state index is 10.6. The van der Waals surface area contributed by atoms with E-state index in [4.69, 9.17) is 0 Å². The van der Waals surface area contributed by atoms with E-state index in [1.165, 1.54) is 12.1 Å². The van der Waals surface area contributed by atoms with Gasteiger partial charge < -0.3 is 0 Å². The molecule has 2 rings (SSSR count). The van der Waals surface area contributed by atoms with E-state index in [0.29, 0.717) is 5.69 Å². The lowest BCUT2D eigenvalue weighted by molar-refractivity contribution is -0.384. The summed E-state index contributed by atoms with van der Waals surface area (Å²) in [6.45, 7) is 0. The van der Waals surface area contributed by atoms with Gasteiger partial charge in [0, 0.05) is 28.4 Å². The third kappa shape index (κ3) is 2.25. The van der Waals surface area contributed by atoms with Crippen molar-refractivity contribution in [2.24, 2.45) is 0 Å². The van der Waals surface area contributed by atoms with Crippen molar-refractivity contribution in [1.29, 1.82) is 0 Å². The number of rotatable bonds is 2. The molecule has 0 atom stereocenters. The molecule has 4 nitrogen and oxygen atoms in total. The standard InChI is InChI=1S/C11H7BrN2O2/c12-9-4-5-11(13-7-9)8-2-1-3-10(6-8)14(15)16/h1-7H. The summed E-state index contributed by atoms with van der Waals surface area (Å²) in [4.78, 5) is 14.4. The Balaban J connectivity index is 2.44. The Kier molecular flexibility index (Phi) is 2.96. The van der Waals surface area contributed by atoms with Crippen LogP contribution in [0.25, 0.3) is 11.3 Å². The van der Waals surface area contributed by atoms with E-state index in [9.17, 15) is 10.1 Å². The van der Waals surface area contributed by atoms with Gasteiger partial charge in [0.2, 0.25) is 0 Å². The van der Waals surface area contributed by atoms with E-state index in [1.807, 2.05) is 12.1 Å². The predicted octanol–water partition coefficient (Wildman–Crippen LogP) is 3.42. The van der Waals surface area contributed by atoms with Gasteiger partial charge in [0.1, 0.15) is 0 Å². The SMILES string of the molecule is O=[N+]([O-])c1cccc(-c2ccc(Br)cn2)c1. The van der Waals surface area contributed by atoms with Crippen LogP contribution in [0.15, 0.2) is 47.1 Å². The van der Waals surface area contributed by atoms with E-state index in [1.54, 1.807) is 18.3 Å². The molecule has 0 radical (unpaired) electrons. The lowest BCUT2D eigenvalue weighted by atomic mass is 10.1. The van der Waals surface area contributed by atoms with Gasteiger partial charge in [-0.05, 0) is 28.1 Å². The van der Waals surface area contributed by atoms with Gasteiger partial charge in [-0.3, -0.25) is 15.1 Å². The average molecular weight is 279 g/mol. The minimum atomic E-state index is -0.414. The van der Waals surface area contributed by atoms with Crippen molar-refractivity contribution in [3.8, 4) is 11.3 Å². The Labute approximate surface area is 100 Å². The first-order chi connectivity index (χ1) is 7.66. The highest BCUT2D eigenvalue weighted by atomic mass is 79.9. The van der Waals surface area contributed by atoms with Crippen molar-refractivity contribution in [1.82, 2.24) is 4.98 Å². The second-order valence-electron chi connectivity index (χ2n) is 3.17. The molecule has 1 heterocycles. The molecule has 16 heavy (non-hydrogen) atoms. The van der Waals surface area contributed by atoms with E-state index in [2.05, 4.69) is 20.9 Å². The first-order valence-electron chi connectivity index (χ1n) is 4.53. The summed E-state index contributed by atoms with van der Waals surface area (Å²) in [7, 11) is 0. The van der Waals surface area contributed by atoms with Crippen molar-refractivity contribution in [3.05, 3.63) is 57.2 Å². The minimum Gasteiger partial charge on any atom is -0.258 e. The highest BCUT2D eigenvalue weighted by Crippen LogP contribution is 2.22. The Morgan fingerprint density at radius 3 is 2.69 bits per heavy atom. The molecule has 2 aromatic rings. The number of nitrogens with zero attached hydrogens (tertiary/aromatic N) is 2. The smallest absolute Gasteiger partial charge is 0.258 e. The maximum Gasteiger partial charge on any atom is 0.270 e. The molecule has 0 saturated heterocycles. The van der Waals surface area contributed by atoms with E-state index >= 15 is 0 Å². The Morgan fingerprint density at radius 2 is 2.06 bits per heavy atom. The average Bonchev–Trinajstić information content (AvgIpc) is 2.30. The fourth-order valence-corrected chi connectivity index (χ4v) is 1.56. The molecule has 0 aliphatic rings. The number of benzene rings is 1. The third-order valence-electron chi connectivity index (χ3n) is 2.08. The summed E-state index contributed by atoms with van der Waals surface area (Å²) in [5.74, 6) is 0. The van der Waals surface area contributed by atoms with E-state index in [-0.39, 0.29) is 5.69 Å². The van der Waals surface area contributed by atoms with Crippen molar-refractivity contribution in [2.45, 2.75) is 0 Å². The largest absolute Gasteiger partial charge is 0.270 e. The normalized spacial score (nSPS) is 10.1. The minimum absolute atomic E-state index is 0.0715. The second-order valence-corrected chi connectivity index (χ2v) is 4.08. The Hall–Kier alpha value is -1.75. The number of nitro benzene ring substituents is 1. The van der Waals surface area contributed by atoms with Crippen LogP contribution in [0.2, 0.25) is 0 Å². The summed E-state index contributed by atoms with van der Waals surface area (Å²) in [6.07, 6.45) is 1.66. The fourth-order valence-electron chi connectivity index (χ4n) is 1.33. The summed E-state index contributed by atoms with van der Waals surface area (Å²) < 4.78 is 0.877. The number of nitro groups is 1. The summed E-state index contributed by atoms with van der Waals surface area (Å²) in [6, 6.07) is 10.1. The van der Waals surface area contributed by atoms with E-state index in [0.717, 1.165) is 10.0 Å². The molecule has 1 aromatic carbocycles. The topological polar surface area (TPSA) is 56.0 Å². The molecule has 0 bridgehead atoms. The number of halogens is 1. The van der Waals surface area contributed by atoms with Crippen molar-refractivity contribution in [2.75, 3.05) is 0 Å². The summed E-state index contributed by atoms with van der Waals surface area (Å²) >= 11 is 3.28. The molecule has 0 aliphatic carbocycles. The number of hydrogen-bond acceptors (Lipinski definition) is 3. The van der Waals surface area contributed by atoms with Crippen LogP contribution in [-0.4, -0.2) is 9.91 Å². The molecule has 1 aromatic heterocycles. The van der Waals surface area contributed by atoms with Crippen molar-refractivity contribution < 1.29 is 4.92 Å². The highest BCUT2D eigenvalue weighted by Gasteiger charge is 2.07. The third-order valence-corrected chi connectivity index (χ3v) is 2.55. The first kappa shape index (κ1) is 10.8. The Bertz CT molecular complexity index is 526. The molecule has 0 aliphatic heterocycles. The van der Waals surface area contributed by atoms with Crippen LogP contribution >= 0.6 is 15.9 Å². The monoisotopic (exact) mass is 278 g/mol. The van der Waals surface area contributed by atoms with Gasteiger partial charge in [0.05, 0.1) is 10.6 Å². The highest BCUT2D eigenvalue weighted by molar-refractivity contribution is 9.10. The zero-order valence-electron chi connectivity index (χ0n) is 8.13. The number of hydrogen-bond donors (Lipinski definition) is 0. The van der Waals surface area contributed by atoms with Gasteiger partial charge in [-0.2, -0.15) is 0 Å². The van der Waals surface area contributed by atoms with Gasteiger partial charge in [-0.1, -0.05) is 12.1 Å². The van der Waals surface area contributed by atoms with Gasteiger partial charge >= 0.3 is 0 Å². The predicted molar refractivity (Wildman–Crippen MR) is 64.0 cm³/mol. The van der Waals surface area contributed by atoms with Crippen molar-refractivity contribution >= 4 is 21.6 Å². The molecule has 80 valence electrons. The van der Waals surface area contributed by atoms with Gasteiger partial charge in [-0.15, -0.1) is 0 Å². The molecule has 0 unspecified atom stereocenters. The second kappa shape index (κ2) is 4.40. The van der Waals surface area contributed by atoms with Crippen LogP contribution in [0.1, 0.15) is 0 Å². The summed E-state index contributed by atoms with van der Waals surface area (Å²) in [5.41, 5.74) is 1.52. The van der Waals surface area contributed by atoms with Gasteiger partial charge in [0.15, 0.2) is 0 Å². The first-order valence-corrected chi connectivity index (χ1v) is 5.32.